The van der Waals surface area contributed by atoms with Gasteiger partial charge in [0.2, 0.25) is 0 Å². The summed E-state index contributed by atoms with van der Waals surface area (Å²) < 4.78 is 23.9. The maximum absolute atomic E-state index is 13.2. The Labute approximate surface area is 249 Å². The molecular formula is C32H48N4O6. The molecule has 232 valence electrons. The molecule has 0 spiro atoms. The SMILES string of the molecule is COC(=O)/C=C1\CC2CC(=O)OC(/C=C/CCCCCc3nn[nH]n3)C(C)/C=C/C(C)CC3CCCC(CC(C1)O2)O3. The number of H-pyrrole nitrogens is 1. The molecule has 4 heterocycles. The number of unbranched alkanes of at least 4 members (excludes halogenated alkanes) is 3. The van der Waals surface area contributed by atoms with Crippen molar-refractivity contribution in [2.24, 2.45) is 11.8 Å². The highest BCUT2D eigenvalue weighted by atomic mass is 16.6. The molecule has 0 aromatic carbocycles. The summed E-state index contributed by atoms with van der Waals surface area (Å²) in [4.78, 5) is 25.3. The lowest BCUT2D eigenvalue weighted by molar-refractivity contribution is -0.154. The highest BCUT2D eigenvalue weighted by Crippen LogP contribution is 2.33. The Bertz CT molecular complexity index is 1070. The number of rotatable bonds is 8. The zero-order chi connectivity index (χ0) is 29.7. The van der Waals surface area contributed by atoms with E-state index in [1.807, 2.05) is 6.08 Å². The quantitative estimate of drug-likeness (QED) is 0.186. The van der Waals surface area contributed by atoms with E-state index in [0.29, 0.717) is 18.8 Å². The summed E-state index contributed by atoms with van der Waals surface area (Å²) in [6, 6.07) is 0. The van der Waals surface area contributed by atoms with Gasteiger partial charge in [0.15, 0.2) is 5.82 Å². The van der Waals surface area contributed by atoms with E-state index in [9.17, 15) is 9.59 Å². The van der Waals surface area contributed by atoms with Gasteiger partial charge in [-0.15, -0.1) is 10.2 Å². The lowest BCUT2D eigenvalue weighted by atomic mass is 9.89. The molecule has 10 nitrogen and oxygen atoms in total. The molecule has 4 rings (SSSR count). The van der Waals surface area contributed by atoms with E-state index in [4.69, 9.17) is 18.9 Å². The average molecular weight is 585 g/mol. The van der Waals surface area contributed by atoms with Gasteiger partial charge in [-0.05, 0) is 69.8 Å². The van der Waals surface area contributed by atoms with Crippen LogP contribution in [0.5, 0.6) is 0 Å². The lowest BCUT2D eigenvalue weighted by Crippen LogP contribution is -2.37. The number of aromatic amines is 1. The van der Waals surface area contributed by atoms with E-state index in [1.165, 1.54) is 7.11 Å². The van der Waals surface area contributed by atoms with Gasteiger partial charge in [-0.3, -0.25) is 4.79 Å². The second-order valence-electron chi connectivity index (χ2n) is 12.1. The van der Waals surface area contributed by atoms with Crippen LogP contribution >= 0.6 is 0 Å². The number of nitrogens with one attached hydrogen (secondary N) is 1. The third-order valence-corrected chi connectivity index (χ3v) is 8.39. The van der Waals surface area contributed by atoms with Crippen molar-refractivity contribution in [3.63, 3.8) is 0 Å². The molecule has 1 N–H and O–H groups in total. The van der Waals surface area contributed by atoms with Crippen LogP contribution in [0.4, 0.5) is 0 Å². The van der Waals surface area contributed by atoms with Gasteiger partial charge in [-0.2, -0.15) is 5.21 Å². The van der Waals surface area contributed by atoms with Gasteiger partial charge in [0.25, 0.3) is 0 Å². The number of ether oxygens (including phenoxy) is 4. The number of nitrogens with zero attached hydrogens (tertiary/aromatic N) is 3. The van der Waals surface area contributed by atoms with Crippen LogP contribution < -0.4 is 0 Å². The molecule has 2 saturated heterocycles. The first kappa shape index (κ1) is 32.1. The van der Waals surface area contributed by atoms with Gasteiger partial charge < -0.3 is 18.9 Å². The summed E-state index contributed by atoms with van der Waals surface area (Å²) in [7, 11) is 1.38. The molecule has 7 unspecified atom stereocenters. The Balaban J connectivity index is 1.42. The lowest BCUT2D eigenvalue weighted by Gasteiger charge is -2.37. The van der Waals surface area contributed by atoms with Crippen molar-refractivity contribution in [1.82, 2.24) is 20.6 Å². The number of cyclic esters (lactones) is 1. The normalized spacial score (nSPS) is 32.9. The van der Waals surface area contributed by atoms with Crippen LogP contribution in [0.25, 0.3) is 0 Å². The van der Waals surface area contributed by atoms with Gasteiger partial charge in [0.1, 0.15) is 6.10 Å². The molecule has 0 aliphatic carbocycles. The predicted molar refractivity (Wildman–Crippen MR) is 157 cm³/mol. The second-order valence-corrected chi connectivity index (χ2v) is 12.1. The van der Waals surface area contributed by atoms with Gasteiger partial charge in [-0.25, -0.2) is 4.79 Å². The fourth-order valence-corrected chi connectivity index (χ4v) is 6.18. The molecule has 1 aromatic heterocycles. The first-order valence-corrected chi connectivity index (χ1v) is 15.7. The Hall–Kier alpha value is -2.85. The Morgan fingerprint density at radius 3 is 2.60 bits per heavy atom. The second kappa shape index (κ2) is 16.7. The number of methoxy groups -OCH3 is 1. The summed E-state index contributed by atoms with van der Waals surface area (Å²) in [5.74, 6) is 0.455. The zero-order valence-electron chi connectivity index (χ0n) is 25.4. The number of hydrogen-bond donors (Lipinski definition) is 1. The fraction of sp³-hybridized carbons (Fsp3) is 0.719. The third-order valence-electron chi connectivity index (χ3n) is 8.39. The predicted octanol–water partition coefficient (Wildman–Crippen LogP) is 5.37. The first-order chi connectivity index (χ1) is 20.4. The van der Waals surface area contributed by atoms with E-state index in [0.717, 1.165) is 75.6 Å². The summed E-state index contributed by atoms with van der Waals surface area (Å²) >= 11 is 0. The van der Waals surface area contributed by atoms with Gasteiger partial charge in [0, 0.05) is 24.8 Å². The molecule has 3 aliphatic heterocycles. The maximum Gasteiger partial charge on any atom is 0.330 e. The van der Waals surface area contributed by atoms with E-state index < -0.39 is 0 Å². The minimum absolute atomic E-state index is 0.0219. The largest absolute Gasteiger partial charge is 0.466 e. The summed E-state index contributed by atoms with van der Waals surface area (Å²) in [6.07, 6.45) is 20.7. The minimum atomic E-state index is -0.377. The van der Waals surface area contributed by atoms with Crippen molar-refractivity contribution in [1.29, 1.82) is 0 Å². The first-order valence-electron chi connectivity index (χ1n) is 15.7. The van der Waals surface area contributed by atoms with Crippen LogP contribution in [-0.4, -0.2) is 70.2 Å². The monoisotopic (exact) mass is 584 g/mol. The van der Waals surface area contributed by atoms with Crippen molar-refractivity contribution in [3.8, 4) is 0 Å². The van der Waals surface area contributed by atoms with Crippen LogP contribution in [0.15, 0.2) is 36.0 Å². The molecule has 4 bridgehead atoms. The minimum Gasteiger partial charge on any atom is -0.466 e. The number of hydrogen-bond acceptors (Lipinski definition) is 9. The molecule has 2 fully saturated rings. The topological polar surface area (TPSA) is 126 Å². The molecule has 0 saturated carbocycles. The average Bonchev–Trinajstić information content (AvgIpc) is 3.48. The molecular weight excluding hydrogens is 536 g/mol. The van der Waals surface area contributed by atoms with Crippen LogP contribution in [0.1, 0.15) is 96.7 Å². The standard InChI is InChI=1S/C32H48N4O6/c1-22-14-15-23(2)29(12-7-5-4-6-8-13-30-33-35-36-34-30)42-32(38)21-28-18-24(19-31(37)39-3)17-27(41-28)20-26-11-9-10-25(16-22)40-26/h7,12,14-15,19,22-23,25-29H,4-6,8-11,13,16-18,20-21H2,1-3H3,(H,33,34,35,36)/b12-7+,15-14+,24-19-. The molecule has 0 amide bonds. The van der Waals surface area contributed by atoms with Gasteiger partial charge in [-0.1, -0.05) is 49.3 Å². The van der Waals surface area contributed by atoms with Crippen molar-refractivity contribution in [2.75, 3.05) is 7.11 Å². The van der Waals surface area contributed by atoms with Crippen molar-refractivity contribution < 1.29 is 28.5 Å². The number of aryl methyl sites for hydroxylation is 1. The Morgan fingerprint density at radius 2 is 1.81 bits per heavy atom. The molecule has 10 heteroatoms. The number of fused-ring (bicyclic) bond motifs is 4. The highest BCUT2D eigenvalue weighted by Gasteiger charge is 2.33. The van der Waals surface area contributed by atoms with Crippen LogP contribution in [0.3, 0.4) is 0 Å². The molecule has 42 heavy (non-hydrogen) atoms. The smallest absolute Gasteiger partial charge is 0.330 e. The number of esters is 2. The number of tetrazole rings is 1. The Morgan fingerprint density at radius 1 is 1.02 bits per heavy atom. The number of aromatic nitrogens is 4. The van der Waals surface area contributed by atoms with Crippen LogP contribution in [0.2, 0.25) is 0 Å². The summed E-state index contributed by atoms with van der Waals surface area (Å²) in [5, 5.41) is 14.1. The third kappa shape index (κ3) is 10.8. The van der Waals surface area contributed by atoms with Gasteiger partial charge >= 0.3 is 11.9 Å². The number of allylic oxidation sites excluding steroid dienone is 2. The summed E-state index contributed by atoms with van der Waals surface area (Å²) in [5.41, 5.74) is 0.949. The Kier molecular flexibility index (Phi) is 12.8. The molecule has 3 aliphatic rings. The fourth-order valence-electron chi connectivity index (χ4n) is 6.18. The number of carbonyl (C=O) groups is 2. The van der Waals surface area contributed by atoms with Gasteiger partial charge in [0.05, 0.1) is 37.9 Å². The highest BCUT2D eigenvalue weighted by molar-refractivity contribution is 5.82. The number of carbonyl (C=O) groups excluding carboxylic acids is 2. The van der Waals surface area contributed by atoms with E-state index in [-0.39, 0.29) is 54.8 Å². The molecule has 7 atom stereocenters. The van der Waals surface area contributed by atoms with Crippen LogP contribution in [-0.2, 0) is 35.0 Å². The molecule has 0 radical (unpaired) electrons. The van der Waals surface area contributed by atoms with E-state index in [1.54, 1.807) is 6.08 Å². The van der Waals surface area contributed by atoms with E-state index >= 15 is 0 Å². The van der Waals surface area contributed by atoms with Crippen molar-refractivity contribution in [3.05, 3.63) is 41.8 Å². The zero-order valence-corrected chi connectivity index (χ0v) is 25.4. The van der Waals surface area contributed by atoms with Crippen molar-refractivity contribution >= 4 is 11.9 Å². The summed E-state index contributed by atoms with van der Waals surface area (Å²) in [6.45, 7) is 4.32. The van der Waals surface area contributed by atoms with E-state index in [2.05, 4.69) is 52.7 Å². The van der Waals surface area contributed by atoms with Crippen molar-refractivity contribution in [2.45, 2.75) is 128 Å². The maximum atomic E-state index is 13.2. The molecule has 1 aromatic rings. The van der Waals surface area contributed by atoms with Crippen LogP contribution in [0, 0.1) is 11.8 Å².